The number of benzene rings is 2. The molecule has 47 heavy (non-hydrogen) atoms. The maximum absolute atomic E-state index is 13.8. The van der Waals surface area contributed by atoms with Gasteiger partial charge in [0.15, 0.2) is 5.82 Å². The molecule has 0 spiro atoms. The summed E-state index contributed by atoms with van der Waals surface area (Å²) in [5.74, 6) is -1.24. The first kappa shape index (κ1) is 35.0. The lowest BCUT2D eigenvalue weighted by molar-refractivity contribution is -0.129. The van der Waals surface area contributed by atoms with Crippen molar-refractivity contribution in [3.05, 3.63) is 77.4 Å². The average molecular weight is 654 g/mol. The van der Waals surface area contributed by atoms with E-state index in [-0.39, 0.29) is 74.5 Å². The summed E-state index contributed by atoms with van der Waals surface area (Å²) in [7, 11) is 0. The molecule has 14 heteroatoms. The quantitative estimate of drug-likeness (QED) is 0.370. The van der Waals surface area contributed by atoms with Crippen LogP contribution in [0.3, 0.4) is 0 Å². The molecule has 0 saturated carbocycles. The summed E-state index contributed by atoms with van der Waals surface area (Å²) in [5, 5.41) is 13.1. The lowest BCUT2D eigenvalue weighted by Crippen LogP contribution is -2.50. The van der Waals surface area contributed by atoms with Crippen LogP contribution in [0, 0.1) is 12.8 Å². The van der Waals surface area contributed by atoms with Gasteiger partial charge in [-0.15, -0.1) is 0 Å². The zero-order chi connectivity index (χ0) is 33.9. The number of carbonyl (C=O) groups is 4. The number of alkyl halides is 2. The monoisotopic (exact) mass is 653 g/mol. The maximum Gasteiger partial charge on any atom is 0.387 e. The highest BCUT2D eigenvalue weighted by atomic mass is 19.3. The van der Waals surface area contributed by atoms with Crippen molar-refractivity contribution in [2.75, 3.05) is 19.6 Å². The third-order valence-corrected chi connectivity index (χ3v) is 7.66. The van der Waals surface area contributed by atoms with Gasteiger partial charge in [0.1, 0.15) is 24.2 Å². The third kappa shape index (κ3) is 10.1. The first-order valence-electron chi connectivity index (χ1n) is 15.7. The molecule has 0 bridgehead atoms. The number of nitrogens with zero attached hydrogens (tertiary/aromatic N) is 4. The van der Waals surface area contributed by atoms with E-state index in [1.165, 1.54) is 27.8 Å². The number of ether oxygens (including phenoxy) is 1. The van der Waals surface area contributed by atoms with Gasteiger partial charge in [-0.1, -0.05) is 56.3 Å². The molecule has 3 N–H and O–H groups in total. The number of halogens is 2. The fraction of sp³-hybridized carbons (Fsp3) is 0.455. The molecule has 2 aromatic carbocycles. The summed E-state index contributed by atoms with van der Waals surface area (Å²) in [5.41, 5.74) is 0.796. The number of aromatic nitrogens is 3. The van der Waals surface area contributed by atoms with Gasteiger partial charge in [-0.05, 0) is 43.4 Å². The van der Waals surface area contributed by atoms with Crippen LogP contribution in [0.2, 0.25) is 0 Å². The molecule has 4 amide bonds. The van der Waals surface area contributed by atoms with Crippen molar-refractivity contribution in [2.45, 2.75) is 71.7 Å². The van der Waals surface area contributed by atoms with Gasteiger partial charge < -0.3 is 25.6 Å². The molecule has 0 saturated heterocycles. The van der Waals surface area contributed by atoms with Crippen molar-refractivity contribution >= 4 is 23.6 Å². The van der Waals surface area contributed by atoms with E-state index >= 15 is 0 Å². The Hall–Kier alpha value is -4.88. The van der Waals surface area contributed by atoms with Crippen molar-refractivity contribution in [1.29, 1.82) is 0 Å². The number of carbonyl (C=O) groups excluding carboxylic acids is 4. The zero-order valence-electron chi connectivity index (χ0n) is 26.7. The van der Waals surface area contributed by atoms with Crippen LogP contribution in [-0.2, 0) is 27.3 Å². The Morgan fingerprint density at radius 2 is 1.68 bits per heavy atom. The second kappa shape index (κ2) is 16.6. The Morgan fingerprint density at radius 3 is 2.40 bits per heavy atom. The molecular formula is C33H41F2N7O5. The summed E-state index contributed by atoms with van der Waals surface area (Å²) >= 11 is 0. The maximum atomic E-state index is 13.8. The molecule has 3 aromatic rings. The number of hydrogen-bond donors (Lipinski definition) is 3. The van der Waals surface area contributed by atoms with E-state index in [4.69, 9.17) is 0 Å². The highest BCUT2D eigenvalue weighted by molar-refractivity contribution is 5.97. The van der Waals surface area contributed by atoms with E-state index in [1.807, 2.05) is 44.2 Å². The van der Waals surface area contributed by atoms with E-state index in [0.29, 0.717) is 18.1 Å². The standard InChI is InChI=1S/C33H41F2N7O5/c1-21(2)29-30-37-22(3)40-42(30)20-28(44)36-16-10-18-41(32(46)24-13-7-8-14-26(24)47-33(34)35)17-9-15-27(43)38-25(31(45)39-29)19-23-11-5-4-6-12-23/h4-8,11-14,21,25,29,33H,9-10,15-20H2,1-3H3,(H,36,44)(H,38,43)(H,39,45)/t25-,29+/m1/s1. The molecule has 2 heterocycles. The van der Waals surface area contributed by atoms with E-state index in [2.05, 4.69) is 30.8 Å². The molecule has 0 aliphatic carbocycles. The van der Waals surface area contributed by atoms with Gasteiger partial charge in [-0.25, -0.2) is 9.67 Å². The van der Waals surface area contributed by atoms with Crippen LogP contribution >= 0.6 is 0 Å². The van der Waals surface area contributed by atoms with Gasteiger partial charge in [0, 0.05) is 32.5 Å². The predicted molar refractivity (Wildman–Crippen MR) is 168 cm³/mol. The summed E-state index contributed by atoms with van der Waals surface area (Å²) in [4.78, 5) is 59.5. The molecule has 1 aliphatic rings. The van der Waals surface area contributed by atoms with Crippen molar-refractivity contribution in [1.82, 2.24) is 35.6 Å². The lowest BCUT2D eigenvalue weighted by atomic mass is 10.0. The minimum atomic E-state index is -3.12. The van der Waals surface area contributed by atoms with Gasteiger partial charge in [0.2, 0.25) is 17.7 Å². The van der Waals surface area contributed by atoms with Crippen LogP contribution in [0.4, 0.5) is 8.78 Å². The fourth-order valence-corrected chi connectivity index (χ4v) is 5.37. The number of hydrogen-bond acceptors (Lipinski definition) is 7. The number of amides is 4. The van der Waals surface area contributed by atoms with Gasteiger partial charge in [0.05, 0.1) is 11.6 Å². The number of aryl methyl sites for hydroxylation is 1. The van der Waals surface area contributed by atoms with Crippen molar-refractivity contribution in [2.24, 2.45) is 5.92 Å². The molecule has 0 unspecified atom stereocenters. The minimum absolute atomic E-state index is 0.00457. The number of fused-ring (bicyclic) bond motifs is 1. The number of rotatable bonds is 6. The molecule has 2 atom stereocenters. The average Bonchev–Trinajstić information content (AvgIpc) is 3.38. The number of nitrogens with one attached hydrogen (secondary N) is 3. The normalized spacial score (nSPS) is 18.9. The van der Waals surface area contributed by atoms with Crippen LogP contribution in [0.5, 0.6) is 5.75 Å². The molecule has 0 radical (unpaired) electrons. The first-order chi connectivity index (χ1) is 22.5. The molecule has 12 nitrogen and oxygen atoms in total. The smallest absolute Gasteiger partial charge is 0.387 e. The van der Waals surface area contributed by atoms with Crippen LogP contribution < -0.4 is 20.7 Å². The largest absolute Gasteiger partial charge is 0.434 e. The van der Waals surface area contributed by atoms with Crippen LogP contribution in [0.1, 0.15) is 66.7 Å². The highest BCUT2D eigenvalue weighted by Crippen LogP contribution is 2.23. The minimum Gasteiger partial charge on any atom is -0.434 e. The van der Waals surface area contributed by atoms with Crippen LogP contribution in [0.25, 0.3) is 0 Å². The van der Waals surface area contributed by atoms with Gasteiger partial charge in [-0.3, -0.25) is 19.2 Å². The van der Waals surface area contributed by atoms with Crippen molar-refractivity contribution in [3.63, 3.8) is 0 Å². The zero-order valence-corrected chi connectivity index (χ0v) is 26.7. The third-order valence-electron chi connectivity index (χ3n) is 7.66. The molecule has 4 rings (SSSR count). The van der Waals surface area contributed by atoms with Crippen LogP contribution in [-0.4, -0.2) is 75.6 Å². The van der Waals surface area contributed by atoms with E-state index in [1.54, 1.807) is 13.0 Å². The molecule has 1 aliphatic heterocycles. The second-order valence-electron chi connectivity index (χ2n) is 11.7. The van der Waals surface area contributed by atoms with Crippen molar-refractivity contribution in [3.8, 4) is 5.75 Å². The fourth-order valence-electron chi connectivity index (χ4n) is 5.37. The first-order valence-corrected chi connectivity index (χ1v) is 15.7. The molecule has 1 aromatic heterocycles. The van der Waals surface area contributed by atoms with E-state index < -0.39 is 30.5 Å². The number of para-hydroxylation sites is 1. The Morgan fingerprint density at radius 1 is 0.979 bits per heavy atom. The topological polar surface area (TPSA) is 148 Å². The Kier molecular flexibility index (Phi) is 12.4. The summed E-state index contributed by atoms with van der Waals surface area (Å²) in [6, 6.07) is 13.5. The van der Waals surface area contributed by atoms with Gasteiger partial charge in [0.25, 0.3) is 5.91 Å². The molecule has 252 valence electrons. The van der Waals surface area contributed by atoms with Crippen LogP contribution in [0.15, 0.2) is 54.6 Å². The van der Waals surface area contributed by atoms with E-state index in [9.17, 15) is 28.0 Å². The highest BCUT2D eigenvalue weighted by Gasteiger charge is 2.30. The summed E-state index contributed by atoms with van der Waals surface area (Å²) in [6.07, 6.45) is 0.811. The molecular weight excluding hydrogens is 612 g/mol. The Balaban J connectivity index is 1.61. The Bertz CT molecular complexity index is 1530. The predicted octanol–water partition coefficient (Wildman–Crippen LogP) is 3.17. The summed E-state index contributed by atoms with van der Waals surface area (Å²) < 4.78 is 32.1. The van der Waals surface area contributed by atoms with Gasteiger partial charge >= 0.3 is 6.61 Å². The SMILES string of the molecule is Cc1nc2n(n1)CC(=O)NCCCN(C(=O)c1ccccc1OC(F)F)CCCC(=O)N[C@H](Cc1ccccc1)C(=O)N[C@H]2C(C)C. The van der Waals surface area contributed by atoms with Gasteiger partial charge in [-0.2, -0.15) is 13.9 Å². The van der Waals surface area contributed by atoms with Crippen molar-refractivity contribution < 1.29 is 32.7 Å². The lowest BCUT2D eigenvalue weighted by Gasteiger charge is -2.26. The van der Waals surface area contributed by atoms with E-state index in [0.717, 1.165) is 5.56 Å². The summed E-state index contributed by atoms with van der Waals surface area (Å²) in [6.45, 7) is 2.77. The second-order valence-corrected chi connectivity index (χ2v) is 11.7. The Labute approximate surface area is 272 Å². The molecule has 0 fully saturated rings.